The Morgan fingerprint density at radius 2 is 1.83 bits per heavy atom. The molecule has 0 bridgehead atoms. The number of aliphatic hydroxyl groups is 1. The predicted molar refractivity (Wildman–Crippen MR) is 96.1 cm³/mol. The third-order valence-electron chi connectivity index (χ3n) is 4.56. The van der Waals surface area contributed by atoms with Gasteiger partial charge >= 0.3 is 0 Å². The quantitative estimate of drug-likeness (QED) is 0.769. The molecule has 0 spiro atoms. The van der Waals surface area contributed by atoms with Crippen molar-refractivity contribution in [1.29, 1.82) is 0 Å². The molecule has 0 aliphatic carbocycles. The van der Waals surface area contributed by atoms with Crippen molar-refractivity contribution in [2.45, 2.75) is 55.1 Å². The first-order valence-electron chi connectivity index (χ1n) is 8.49. The fraction of sp³-hybridized carbons (Fsp3) is 0.400. The van der Waals surface area contributed by atoms with Crippen LogP contribution < -0.4 is 0 Å². The van der Waals surface area contributed by atoms with E-state index in [1.807, 2.05) is 61.5 Å². The zero-order valence-electron chi connectivity index (χ0n) is 14.1. The molecule has 1 fully saturated rings. The van der Waals surface area contributed by atoms with Crippen molar-refractivity contribution >= 4 is 10.8 Å². The molecule has 4 heteroatoms. The first-order chi connectivity index (χ1) is 11.6. The van der Waals surface area contributed by atoms with Crippen molar-refractivity contribution in [2.75, 3.05) is 0 Å². The second kappa shape index (κ2) is 7.18. The molecular formula is C20H24O3S. The van der Waals surface area contributed by atoms with Gasteiger partial charge in [-0.2, -0.15) is 0 Å². The maximum absolute atomic E-state index is 13.3. The summed E-state index contributed by atoms with van der Waals surface area (Å²) in [6, 6.07) is 17.0. The summed E-state index contributed by atoms with van der Waals surface area (Å²) in [7, 11) is -1.43. The highest BCUT2D eigenvalue weighted by molar-refractivity contribution is 7.86. The van der Waals surface area contributed by atoms with Gasteiger partial charge in [-0.3, -0.25) is 4.21 Å². The van der Waals surface area contributed by atoms with Gasteiger partial charge in [0, 0.05) is 4.90 Å². The van der Waals surface area contributed by atoms with Crippen molar-refractivity contribution in [2.24, 2.45) is 0 Å². The Hall–Kier alpha value is -1.49. The van der Waals surface area contributed by atoms with Crippen LogP contribution in [0.25, 0.3) is 0 Å². The van der Waals surface area contributed by atoms with Crippen molar-refractivity contribution in [3.05, 3.63) is 65.7 Å². The lowest BCUT2D eigenvalue weighted by Crippen LogP contribution is -2.31. The van der Waals surface area contributed by atoms with Crippen LogP contribution in [0.4, 0.5) is 0 Å². The molecule has 3 nitrogen and oxygen atoms in total. The lowest BCUT2D eigenvalue weighted by Gasteiger charge is -2.20. The normalized spacial score (nSPS) is 25.2. The number of ether oxygens (including phenoxy) is 1. The number of hydrogen-bond acceptors (Lipinski definition) is 3. The fourth-order valence-electron chi connectivity index (χ4n) is 3.06. The molecule has 0 amide bonds. The van der Waals surface area contributed by atoms with Crippen molar-refractivity contribution in [3.63, 3.8) is 0 Å². The van der Waals surface area contributed by atoms with E-state index in [2.05, 4.69) is 6.92 Å². The zero-order chi connectivity index (χ0) is 17.2. The SMILES string of the molecule is CCCC[C@H]1O[C@@]1([C@H](O)c1ccccc1)S(=O)c1ccc(C)cc1. The average Bonchev–Trinajstić information content (AvgIpc) is 3.35. The van der Waals surface area contributed by atoms with Gasteiger partial charge < -0.3 is 9.84 Å². The molecular weight excluding hydrogens is 320 g/mol. The summed E-state index contributed by atoms with van der Waals surface area (Å²) >= 11 is 0. The van der Waals surface area contributed by atoms with E-state index < -0.39 is 21.8 Å². The molecule has 4 atom stereocenters. The highest BCUT2D eigenvalue weighted by Crippen LogP contribution is 2.53. The third kappa shape index (κ3) is 3.18. The Balaban J connectivity index is 1.92. The van der Waals surface area contributed by atoms with Gasteiger partial charge in [0.2, 0.25) is 4.93 Å². The molecule has 2 aromatic carbocycles. The van der Waals surface area contributed by atoms with Crippen molar-refractivity contribution < 1.29 is 14.1 Å². The Kier molecular flexibility index (Phi) is 5.18. The lowest BCUT2D eigenvalue weighted by atomic mass is 10.0. The van der Waals surface area contributed by atoms with Crippen molar-refractivity contribution in [3.8, 4) is 0 Å². The number of hydrogen-bond donors (Lipinski definition) is 1. The summed E-state index contributed by atoms with van der Waals surface area (Å²) < 4.78 is 19.2. The minimum atomic E-state index is -1.43. The Labute approximate surface area is 146 Å². The summed E-state index contributed by atoms with van der Waals surface area (Å²) in [6.07, 6.45) is 1.79. The zero-order valence-corrected chi connectivity index (χ0v) is 15.0. The third-order valence-corrected chi connectivity index (χ3v) is 6.42. The summed E-state index contributed by atoms with van der Waals surface area (Å²) in [6.45, 7) is 4.12. The van der Waals surface area contributed by atoms with Gasteiger partial charge in [0.05, 0.1) is 10.8 Å². The summed E-state index contributed by atoms with van der Waals surface area (Å²) in [5.41, 5.74) is 1.87. The van der Waals surface area contributed by atoms with E-state index in [1.54, 1.807) is 0 Å². The van der Waals surface area contributed by atoms with Crippen LogP contribution in [0.1, 0.15) is 43.4 Å². The van der Waals surface area contributed by atoms with E-state index in [9.17, 15) is 9.32 Å². The second-order valence-corrected chi connectivity index (χ2v) is 8.01. The molecule has 1 unspecified atom stereocenters. The highest BCUT2D eigenvalue weighted by Gasteiger charge is 2.66. The first-order valence-corrected chi connectivity index (χ1v) is 9.64. The molecule has 0 radical (unpaired) electrons. The maximum Gasteiger partial charge on any atom is 0.203 e. The standard InChI is InChI=1S/C20H24O3S/c1-3-4-10-18-20(23-18,19(21)16-8-6-5-7-9-16)24(22)17-13-11-15(2)12-14-17/h5-9,11-14,18-19,21H,3-4,10H2,1-2H3/t18-,19-,20-,24?/m1/s1. The van der Waals surface area contributed by atoms with Crippen LogP contribution in [0.3, 0.4) is 0 Å². The molecule has 0 aromatic heterocycles. The lowest BCUT2D eigenvalue weighted by molar-refractivity contribution is 0.118. The maximum atomic E-state index is 13.3. The van der Waals surface area contributed by atoms with Crippen LogP contribution in [-0.4, -0.2) is 20.4 Å². The summed E-state index contributed by atoms with van der Waals surface area (Å²) in [5.74, 6) is 0. The molecule has 0 saturated carbocycles. The van der Waals surface area contributed by atoms with E-state index in [-0.39, 0.29) is 6.10 Å². The number of unbranched alkanes of at least 4 members (excludes halogenated alkanes) is 1. The van der Waals surface area contributed by atoms with Gasteiger partial charge in [-0.05, 0) is 31.0 Å². The van der Waals surface area contributed by atoms with Crippen LogP contribution in [0.2, 0.25) is 0 Å². The van der Waals surface area contributed by atoms with Crippen LogP contribution in [0.5, 0.6) is 0 Å². The number of benzene rings is 2. The van der Waals surface area contributed by atoms with Gasteiger partial charge in [-0.15, -0.1) is 0 Å². The van der Waals surface area contributed by atoms with E-state index >= 15 is 0 Å². The highest BCUT2D eigenvalue weighted by atomic mass is 32.2. The van der Waals surface area contributed by atoms with E-state index in [0.29, 0.717) is 4.90 Å². The molecule has 1 heterocycles. The second-order valence-electron chi connectivity index (χ2n) is 6.37. The first kappa shape index (κ1) is 17.3. The molecule has 24 heavy (non-hydrogen) atoms. The molecule has 1 saturated heterocycles. The predicted octanol–water partition coefficient (Wildman–Crippen LogP) is 4.12. The number of epoxide rings is 1. The Morgan fingerprint density at radius 1 is 1.17 bits per heavy atom. The van der Waals surface area contributed by atoms with Gasteiger partial charge in [-0.1, -0.05) is 67.8 Å². The summed E-state index contributed by atoms with van der Waals surface area (Å²) in [5, 5.41) is 10.9. The van der Waals surface area contributed by atoms with Crippen LogP contribution >= 0.6 is 0 Å². The average molecular weight is 344 g/mol. The van der Waals surface area contributed by atoms with Gasteiger partial charge in [0.1, 0.15) is 12.2 Å². The van der Waals surface area contributed by atoms with Crippen molar-refractivity contribution in [1.82, 2.24) is 0 Å². The van der Waals surface area contributed by atoms with E-state index in [0.717, 1.165) is 30.4 Å². The molecule has 1 N–H and O–H groups in total. The van der Waals surface area contributed by atoms with Crippen LogP contribution in [-0.2, 0) is 15.5 Å². The molecule has 3 rings (SSSR count). The van der Waals surface area contributed by atoms with Gasteiger partial charge in [0.15, 0.2) is 0 Å². The molecule has 1 aliphatic rings. The number of aryl methyl sites for hydroxylation is 1. The Morgan fingerprint density at radius 3 is 2.46 bits per heavy atom. The minimum Gasteiger partial charge on any atom is -0.384 e. The monoisotopic (exact) mass is 344 g/mol. The Bertz CT molecular complexity index is 699. The molecule has 2 aromatic rings. The van der Waals surface area contributed by atoms with E-state index in [4.69, 9.17) is 4.74 Å². The number of aliphatic hydroxyl groups excluding tert-OH is 1. The van der Waals surface area contributed by atoms with Crippen LogP contribution in [0, 0.1) is 6.92 Å². The topological polar surface area (TPSA) is 49.8 Å². The van der Waals surface area contributed by atoms with Gasteiger partial charge in [-0.25, -0.2) is 0 Å². The minimum absolute atomic E-state index is 0.171. The fourth-order valence-corrected chi connectivity index (χ4v) is 4.71. The van der Waals surface area contributed by atoms with Crippen LogP contribution in [0.15, 0.2) is 59.5 Å². The molecule has 128 valence electrons. The largest absolute Gasteiger partial charge is 0.384 e. The smallest absolute Gasteiger partial charge is 0.203 e. The summed E-state index contributed by atoms with van der Waals surface area (Å²) in [4.78, 5) is -0.333. The molecule has 1 aliphatic heterocycles. The van der Waals surface area contributed by atoms with Gasteiger partial charge in [0.25, 0.3) is 0 Å². The van der Waals surface area contributed by atoms with E-state index in [1.165, 1.54) is 0 Å². The number of rotatable bonds is 7.